The zero-order valence-electron chi connectivity index (χ0n) is 12.6. The van der Waals surface area contributed by atoms with Crippen LogP contribution in [0.25, 0.3) is 0 Å². The molecule has 0 saturated carbocycles. The van der Waals surface area contributed by atoms with Crippen molar-refractivity contribution in [3.63, 3.8) is 0 Å². The Bertz CT molecular complexity index is 530. The highest BCUT2D eigenvalue weighted by Gasteiger charge is 2.07. The Hall–Kier alpha value is -1.32. The molecule has 0 aliphatic rings. The van der Waals surface area contributed by atoms with Crippen molar-refractivity contribution in [3.05, 3.63) is 51.7 Å². The molecule has 3 heteroatoms. The zero-order valence-corrected chi connectivity index (χ0v) is 13.5. The summed E-state index contributed by atoms with van der Waals surface area (Å²) in [5.74, 6) is 0.935. The van der Waals surface area contributed by atoms with Gasteiger partial charge in [-0.3, -0.25) is 0 Å². The van der Waals surface area contributed by atoms with Gasteiger partial charge < -0.3 is 10.1 Å². The standard InChI is InChI=1S/C17H23NOS/c1-12(2)19-17-7-5-15(6-8-17)14(4)18-9-16-11-20-10-13(16)3/h5-8,10-12,14,18H,9H2,1-4H3. The topological polar surface area (TPSA) is 21.3 Å². The first-order valence-electron chi connectivity index (χ1n) is 7.08. The Morgan fingerprint density at radius 2 is 1.80 bits per heavy atom. The summed E-state index contributed by atoms with van der Waals surface area (Å²) in [6.07, 6.45) is 0.220. The molecule has 0 bridgehead atoms. The molecule has 108 valence electrons. The largest absolute Gasteiger partial charge is 0.491 e. The van der Waals surface area contributed by atoms with E-state index in [-0.39, 0.29) is 6.10 Å². The summed E-state index contributed by atoms with van der Waals surface area (Å²) in [5.41, 5.74) is 4.05. The fourth-order valence-electron chi connectivity index (χ4n) is 2.06. The number of hydrogen-bond acceptors (Lipinski definition) is 3. The van der Waals surface area contributed by atoms with Gasteiger partial charge >= 0.3 is 0 Å². The van der Waals surface area contributed by atoms with E-state index in [1.165, 1.54) is 16.7 Å². The van der Waals surface area contributed by atoms with Gasteiger partial charge in [-0.1, -0.05) is 12.1 Å². The Balaban J connectivity index is 1.92. The van der Waals surface area contributed by atoms with E-state index < -0.39 is 0 Å². The average molecular weight is 289 g/mol. The molecule has 1 heterocycles. The molecule has 0 amide bonds. The normalized spacial score (nSPS) is 12.7. The minimum absolute atomic E-state index is 0.220. The lowest BCUT2D eigenvalue weighted by atomic mass is 10.1. The monoisotopic (exact) mass is 289 g/mol. The average Bonchev–Trinajstić information content (AvgIpc) is 2.82. The van der Waals surface area contributed by atoms with Crippen LogP contribution in [0.5, 0.6) is 5.75 Å². The van der Waals surface area contributed by atoms with E-state index in [4.69, 9.17) is 4.74 Å². The second-order valence-electron chi connectivity index (χ2n) is 5.42. The van der Waals surface area contributed by atoms with E-state index in [2.05, 4.69) is 42.1 Å². The summed E-state index contributed by atoms with van der Waals surface area (Å²) in [6, 6.07) is 8.70. The van der Waals surface area contributed by atoms with Crippen LogP contribution in [0.3, 0.4) is 0 Å². The van der Waals surface area contributed by atoms with Crippen LogP contribution < -0.4 is 10.1 Å². The van der Waals surface area contributed by atoms with Crippen LogP contribution in [-0.4, -0.2) is 6.10 Å². The molecule has 1 atom stereocenters. The predicted molar refractivity (Wildman–Crippen MR) is 86.5 cm³/mol. The lowest BCUT2D eigenvalue weighted by Crippen LogP contribution is -2.18. The maximum Gasteiger partial charge on any atom is 0.119 e. The van der Waals surface area contributed by atoms with Crippen molar-refractivity contribution in [3.8, 4) is 5.75 Å². The first-order chi connectivity index (χ1) is 9.56. The van der Waals surface area contributed by atoms with E-state index in [0.717, 1.165) is 12.3 Å². The van der Waals surface area contributed by atoms with Crippen LogP contribution in [0.15, 0.2) is 35.0 Å². The van der Waals surface area contributed by atoms with Gasteiger partial charge in [-0.2, -0.15) is 11.3 Å². The Morgan fingerprint density at radius 1 is 1.10 bits per heavy atom. The van der Waals surface area contributed by atoms with Crippen molar-refractivity contribution in [1.29, 1.82) is 0 Å². The number of ether oxygens (including phenoxy) is 1. The fourth-order valence-corrected chi connectivity index (χ4v) is 2.91. The summed E-state index contributed by atoms with van der Waals surface area (Å²) in [4.78, 5) is 0. The second-order valence-corrected chi connectivity index (χ2v) is 6.16. The molecule has 1 unspecified atom stereocenters. The summed E-state index contributed by atoms with van der Waals surface area (Å²) >= 11 is 1.76. The highest BCUT2D eigenvalue weighted by Crippen LogP contribution is 2.20. The van der Waals surface area contributed by atoms with Crippen LogP contribution in [0.1, 0.15) is 43.5 Å². The lowest BCUT2D eigenvalue weighted by Gasteiger charge is -2.15. The number of rotatable bonds is 6. The first-order valence-corrected chi connectivity index (χ1v) is 8.02. The molecule has 2 nitrogen and oxygen atoms in total. The van der Waals surface area contributed by atoms with Crippen molar-refractivity contribution >= 4 is 11.3 Å². The number of nitrogens with one attached hydrogen (secondary N) is 1. The predicted octanol–water partition coefficient (Wildman–Crippen LogP) is 4.69. The molecule has 0 aliphatic carbocycles. The molecular formula is C17H23NOS. The first kappa shape index (κ1) is 15.1. The van der Waals surface area contributed by atoms with Crippen LogP contribution in [-0.2, 0) is 6.54 Å². The third-order valence-corrected chi connectivity index (χ3v) is 4.22. The molecular weight excluding hydrogens is 266 g/mol. The number of aryl methyl sites for hydroxylation is 1. The van der Waals surface area contributed by atoms with E-state index in [1.54, 1.807) is 11.3 Å². The van der Waals surface area contributed by atoms with Gasteiger partial charge in [-0.05, 0) is 67.3 Å². The Labute approximate surface area is 125 Å². The van der Waals surface area contributed by atoms with Gasteiger partial charge in [0.2, 0.25) is 0 Å². The van der Waals surface area contributed by atoms with Crippen LogP contribution in [0.4, 0.5) is 0 Å². The second kappa shape index (κ2) is 6.91. The maximum atomic E-state index is 5.66. The summed E-state index contributed by atoms with van der Waals surface area (Å²) in [7, 11) is 0. The number of hydrogen-bond donors (Lipinski definition) is 1. The van der Waals surface area contributed by atoms with Crippen molar-refractivity contribution in [2.45, 2.75) is 46.4 Å². The van der Waals surface area contributed by atoms with E-state index >= 15 is 0 Å². The van der Waals surface area contributed by atoms with E-state index in [0.29, 0.717) is 6.04 Å². The minimum atomic E-state index is 0.220. The highest BCUT2D eigenvalue weighted by atomic mass is 32.1. The molecule has 1 aromatic heterocycles. The third kappa shape index (κ3) is 4.09. The van der Waals surface area contributed by atoms with Crippen LogP contribution in [0.2, 0.25) is 0 Å². The third-order valence-electron chi connectivity index (χ3n) is 3.31. The van der Waals surface area contributed by atoms with Crippen molar-refractivity contribution in [2.24, 2.45) is 0 Å². The number of thiophene rings is 1. The van der Waals surface area contributed by atoms with Crippen molar-refractivity contribution < 1.29 is 4.74 Å². The molecule has 0 aliphatic heterocycles. The molecule has 1 aromatic carbocycles. The Kier molecular flexibility index (Phi) is 5.21. The summed E-state index contributed by atoms with van der Waals surface area (Å²) < 4.78 is 5.66. The smallest absolute Gasteiger partial charge is 0.119 e. The Morgan fingerprint density at radius 3 is 2.35 bits per heavy atom. The van der Waals surface area contributed by atoms with Crippen molar-refractivity contribution in [2.75, 3.05) is 0 Å². The number of benzene rings is 1. The molecule has 1 N–H and O–H groups in total. The molecule has 20 heavy (non-hydrogen) atoms. The molecule has 0 fully saturated rings. The fraction of sp³-hybridized carbons (Fsp3) is 0.412. The highest BCUT2D eigenvalue weighted by molar-refractivity contribution is 7.08. The van der Waals surface area contributed by atoms with Gasteiger partial charge in [0.15, 0.2) is 0 Å². The maximum absolute atomic E-state index is 5.66. The minimum Gasteiger partial charge on any atom is -0.491 e. The zero-order chi connectivity index (χ0) is 14.5. The van der Waals surface area contributed by atoms with Gasteiger partial charge in [-0.15, -0.1) is 0 Å². The van der Waals surface area contributed by atoms with Gasteiger partial charge in [0.25, 0.3) is 0 Å². The molecule has 2 rings (SSSR count). The quantitative estimate of drug-likeness (QED) is 0.832. The molecule has 2 aromatic rings. The van der Waals surface area contributed by atoms with Gasteiger partial charge in [-0.25, -0.2) is 0 Å². The van der Waals surface area contributed by atoms with Crippen LogP contribution in [0, 0.1) is 6.92 Å². The van der Waals surface area contributed by atoms with Gasteiger partial charge in [0.1, 0.15) is 5.75 Å². The van der Waals surface area contributed by atoms with Gasteiger partial charge in [0, 0.05) is 12.6 Å². The van der Waals surface area contributed by atoms with Crippen molar-refractivity contribution in [1.82, 2.24) is 5.32 Å². The van der Waals surface area contributed by atoms with E-state index in [1.807, 2.05) is 26.0 Å². The van der Waals surface area contributed by atoms with Gasteiger partial charge in [0.05, 0.1) is 6.10 Å². The van der Waals surface area contributed by atoms with Crippen LogP contribution >= 0.6 is 11.3 Å². The summed E-state index contributed by atoms with van der Waals surface area (Å²) in [5, 5.41) is 7.98. The lowest BCUT2D eigenvalue weighted by molar-refractivity contribution is 0.242. The van der Waals surface area contributed by atoms with E-state index in [9.17, 15) is 0 Å². The molecule has 0 spiro atoms. The molecule has 0 saturated heterocycles. The summed E-state index contributed by atoms with van der Waals surface area (Å²) in [6.45, 7) is 9.36. The SMILES string of the molecule is Cc1cscc1CNC(C)c1ccc(OC(C)C)cc1. The molecule has 0 radical (unpaired) electrons.